The van der Waals surface area contributed by atoms with E-state index in [0.29, 0.717) is 13.2 Å². The summed E-state index contributed by atoms with van der Waals surface area (Å²) in [5.41, 5.74) is 1.75. The predicted octanol–water partition coefficient (Wildman–Crippen LogP) is 3.79. The zero-order valence-electron chi connectivity index (χ0n) is 11.3. The Labute approximate surface area is 131 Å². The third-order valence-electron chi connectivity index (χ3n) is 2.95. The molecule has 0 unspecified atom stereocenters. The standard InChI is InChI=1S/C16H14BrN3O/c17-13-4-3-5-14(12-13)21-11-10-20-9-7-16(19-20)15-6-1-2-8-18-15/h1-9,12H,10-11H2. The van der Waals surface area contributed by atoms with Crippen LogP contribution in [0.5, 0.6) is 5.75 Å². The zero-order chi connectivity index (χ0) is 14.5. The van der Waals surface area contributed by atoms with Crippen molar-refractivity contribution in [3.05, 3.63) is 65.4 Å². The molecule has 3 rings (SSSR count). The second kappa shape index (κ2) is 6.54. The van der Waals surface area contributed by atoms with Gasteiger partial charge in [0.05, 0.1) is 12.2 Å². The van der Waals surface area contributed by atoms with Crippen LogP contribution in [0.4, 0.5) is 0 Å². The zero-order valence-corrected chi connectivity index (χ0v) is 12.9. The summed E-state index contributed by atoms with van der Waals surface area (Å²) < 4.78 is 8.57. The molecule has 2 aromatic heterocycles. The molecule has 0 spiro atoms. The molecule has 0 radical (unpaired) electrons. The molecule has 4 nitrogen and oxygen atoms in total. The van der Waals surface area contributed by atoms with Crippen molar-refractivity contribution in [1.29, 1.82) is 0 Å². The van der Waals surface area contributed by atoms with Crippen molar-refractivity contribution >= 4 is 15.9 Å². The van der Waals surface area contributed by atoms with Gasteiger partial charge in [-0.2, -0.15) is 5.10 Å². The van der Waals surface area contributed by atoms with Crippen LogP contribution in [-0.4, -0.2) is 21.4 Å². The van der Waals surface area contributed by atoms with Crippen molar-refractivity contribution in [3.8, 4) is 17.1 Å². The van der Waals surface area contributed by atoms with E-state index in [0.717, 1.165) is 21.6 Å². The molecule has 0 saturated heterocycles. The van der Waals surface area contributed by atoms with E-state index in [2.05, 4.69) is 26.0 Å². The summed E-state index contributed by atoms with van der Waals surface area (Å²) in [5, 5.41) is 4.49. The lowest BCUT2D eigenvalue weighted by Gasteiger charge is -2.06. The van der Waals surface area contributed by atoms with E-state index in [-0.39, 0.29) is 0 Å². The number of aromatic nitrogens is 3. The minimum atomic E-state index is 0.569. The third-order valence-corrected chi connectivity index (χ3v) is 3.45. The number of rotatable bonds is 5. The first-order valence-electron chi connectivity index (χ1n) is 6.64. The smallest absolute Gasteiger partial charge is 0.120 e. The monoisotopic (exact) mass is 343 g/mol. The summed E-state index contributed by atoms with van der Waals surface area (Å²) in [7, 11) is 0. The maximum atomic E-state index is 5.70. The first-order valence-corrected chi connectivity index (χ1v) is 7.44. The minimum Gasteiger partial charge on any atom is -0.492 e. The van der Waals surface area contributed by atoms with Crippen molar-refractivity contribution < 1.29 is 4.74 Å². The molecule has 0 fully saturated rings. The van der Waals surface area contributed by atoms with Gasteiger partial charge in [-0.05, 0) is 36.4 Å². The second-order valence-electron chi connectivity index (χ2n) is 4.48. The Balaban J connectivity index is 1.58. The van der Waals surface area contributed by atoms with Gasteiger partial charge in [0.25, 0.3) is 0 Å². The van der Waals surface area contributed by atoms with Crippen molar-refractivity contribution in [2.45, 2.75) is 6.54 Å². The molecular formula is C16H14BrN3O. The van der Waals surface area contributed by atoms with Crippen LogP contribution in [0.1, 0.15) is 0 Å². The molecular weight excluding hydrogens is 330 g/mol. The number of hydrogen-bond donors (Lipinski definition) is 0. The quantitative estimate of drug-likeness (QED) is 0.707. The van der Waals surface area contributed by atoms with Gasteiger partial charge < -0.3 is 4.74 Å². The van der Waals surface area contributed by atoms with E-state index in [9.17, 15) is 0 Å². The molecule has 0 amide bonds. The Morgan fingerprint density at radius 3 is 2.81 bits per heavy atom. The Bertz CT molecular complexity index is 712. The molecule has 0 saturated carbocycles. The highest BCUT2D eigenvalue weighted by Gasteiger charge is 2.03. The topological polar surface area (TPSA) is 39.9 Å². The summed E-state index contributed by atoms with van der Waals surface area (Å²) >= 11 is 3.42. The van der Waals surface area contributed by atoms with Crippen molar-refractivity contribution in [2.24, 2.45) is 0 Å². The lowest BCUT2D eigenvalue weighted by atomic mass is 10.3. The number of pyridine rings is 1. The molecule has 2 heterocycles. The van der Waals surface area contributed by atoms with E-state index in [1.807, 2.05) is 59.4 Å². The second-order valence-corrected chi connectivity index (χ2v) is 5.40. The number of hydrogen-bond acceptors (Lipinski definition) is 3. The Morgan fingerprint density at radius 1 is 1.05 bits per heavy atom. The van der Waals surface area contributed by atoms with Gasteiger partial charge in [-0.1, -0.05) is 28.1 Å². The fourth-order valence-electron chi connectivity index (χ4n) is 1.95. The number of nitrogens with zero attached hydrogens (tertiary/aromatic N) is 3. The van der Waals surface area contributed by atoms with Gasteiger partial charge in [-0.15, -0.1) is 0 Å². The molecule has 106 valence electrons. The highest BCUT2D eigenvalue weighted by Crippen LogP contribution is 2.18. The number of halogens is 1. The Kier molecular flexibility index (Phi) is 4.31. The van der Waals surface area contributed by atoms with Crippen LogP contribution in [0.15, 0.2) is 65.4 Å². The van der Waals surface area contributed by atoms with Gasteiger partial charge in [-0.25, -0.2) is 0 Å². The summed E-state index contributed by atoms with van der Waals surface area (Å²) in [6, 6.07) is 15.6. The SMILES string of the molecule is Brc1cccc(OCCn2ccc(-c3ccccn3)n2)c1. The summed E-state index contributed by atoms with van der Waals surface area (Å²) in [5.74, 6) is 0.849. The maximum Gasteiger partial charge on any atom is 0.120 e. The average Bonchev–Trinajstić information content (AvgIpc) is 2.97. The molecule has 0 aliphatic heterocycles. The normalized spacial score (nSPS) is 10.5. The summed E-state index contributed by atoms with van der Waals surface area (Å²) in [4.78, 5) is 4.29. The van der Waals surface area contributed by atoms with Gasteiger partial charge in [0.15, 0.2) is 0 Å². The van der Waals surface area contributed by atoms with E-state index in [1.165, 1.54) is 0 Å². The van der Waals surface area contributed by atoms with Crippen LogP contribution in [0.25, 0.3) is 11.4 Å². The molecule has 3 aromatic rings. The lowest BCUT2D eigenvalue weighted by molar-refractivity contribution is 0.291. The van der Waals surface area contributed by atoms with E-state index < -0.39 is 0 Å². The molecule has 0 atom stereocenters. The van der Waals surface area contributed by atoms with Crippen LogP contribution in [0.2, 0.25) is 0 Å². The molecule has 0 N–H and O–H groups in total. The van der Waals surface area contributed by atoms with Gasteiger partial charge in [0.1, 0.15) is 18.1 Å². The fraction of sp³-hybridized carbons (Fsp3) is 0.125. The van der Waals surface area contributed by atoms with Gasteiger partial charge in [0.2, 0.25) is 0 Å². The van der Waals surface area contributed by atoms with Crippen LogP contribution in [0.3, 0.4) is 0 Å². The number of benzene rings is 1. The first kappa shape index (κ1) is 13.8. The lowest BCUT2D eigenvalue weighted by Crippen LogP contribution is -2.08. The summed E-state index contributed by atoms with van der Waals surface area (Å²) in [6.07, 6.45) is 3.71. The first-order chi connectivity index (χ1) is 10.3. The largest absolute Gasteiger partial charge is 0.492 e. The molecule has 5 heteroatoms. The Hall–Kier alpha value is -2.14. The Morgan fingerprint density at radius 2 is 2.00 bits per heavy atom. The molecule has 21 heavy (non-hydrogen) atoms. The van der Waals surface area contributed by atoms with E-state index in [4.69, 9.17) is 4.74 Å². The van der Waals surface area contributed by atoms with Crippen LogP contribution in [-0.2, 0) is 6.54 Å². The molecule has 0 aliphatic carbocycles. The fourth-order valence-corrected chi connectivity index (χ4v) is 2.33. The van der Waals surface area contributed by atoms with Gasteiger partial charge in [-0.3, -0.25) is 9.67 Å². The molecule has 0 aliphatic rings. The van der Waals surface area contributed by atoms with Crippen molar-refractivity contribution in [3.63, 3.8) is 0 Å². The third kappa shape index (κ3) is 3.70. The molecule has 1 aromatic carbocycles. The summed E-state index contributed by atoms with van der Waals surface area (Å²) in [6.45, 7) is 1.26. The van der Waals surface area contributed by atoms with Crippen LogP contribution < -0.4 is 4.74 Å². The average molecular weight is 344 g/mol. The van der Waals surface area contributed by atoms with Crippen molar-refractivity contribution in [2.75, 3.05) is 6.61 Å². The van der Waals surface area contributed by atoms with Crippen molar-refractivity contribution in [1.82, 2.24) is 14.8 Å². The highest BCUT2D eigenvalue weighted by atomic mass is 79.9. The number of ether oxygens (including phenoxy) is 1. The van der Waals surface area contributed by atoms with E-state index in [1.54, 1.807) is 6.20 Å². The van der Waals surface area contributed by atoms with E-state index >= 15 is 0 Å². The maximum absolute atomic E-state index is 5.70. The van der Waals surface area contributed by atoms with Gasteiger partial charge >= 0.3 is 0 Å². The van der Waals surface area contributed by atoms with Crippen LogP contribution in [0, 0.1) is 0 Å². The van der Waals surface area contributed by atoms with Crippen LogP contribution >= 0.6 is 15.9 Å². The minimum absolute atomic E-state index is 0.569. The van der Waals surface area contributed by atoms with Gasteiger partial charge in [0, 0.05) is 16.9 Å². The predicted molar refractivity (Wildman–Crippen MR) is 85.1 cm³/mol. The highest BCUT2D eigenvalue weighted by molar-refractivity contribution is 9.10. The molecule has 0 bridgehead atoms.